The molecule has 0 aliphatic carbocycles. The SMILES string of the molecule is NC(N)=[NH2+].NC(N)=[NH2+].O=S(=O)([O-])c1cccc2c(S(=O)(=O)[O-])cccc12.O=S(=O)([O-])c1cccc2c(S(=O)(=O)[O-])cccc12.c1cc[nH+]cc1.c1cc[nH+]cc1. The van der Waals surface area contributed by atoms with Gasteiger partial charge in [-0.05, 0) is 24.3 Å². The van der Waals surface area contributed by atoms with E-state index in [-0.39, 0.29) is 33.5 Å². The van der Waals surface area contributed by atoms with Gasteiger partial charge in [-0.1, -0.05) is 60.7 Å². The lowest BCUT2D eigenvalue weighted by Crippen LogP contribution is -2.51. The molecule has 4 aromatic carbocycles. The van der Waals surface area contributed by atoms with Crippen molar-refractivity contribution in [3.05, 3.63) is 134 Å². The maximum atomic E-state index is 11.0. The molecule has 0 amide bonds. The van der Waals surface area contributed by atoms with Crippen LogP contribution in [0, 0.1) is 0 Å². The van der Waals surface area contributed by atoms with E-state index in [1.165, 1.54) is 48.5 Å². The molecule has 0 spiro atoms. The zero-order valence-electron chi connectivity index (χ0n) is 28.7. The van der Waals surface area contributed by atoms with E-state index in [0.29, 0.717) is 0 Å². The Labute approximate surface area is 321 Å². The molecule has 0 fully saturated rings. The Hall–Kier alpha value is -6.12. The molecule has 20 nitrogen and oxygen atoms in total. The van der Waals surface area contributed by atoms with Gasteiger partial charge in [-0.2, -0.15) is 0 Å². The predicted octanol–water partition coefficient (Wildman–Crippen LogP) is -3.66. The number of benzene rings is 4. The number of rotatable bonds is 4. The van der Waals surface area contributed by atoms with Crippen molar-refractivity contribution in [2.75, 3.05) is 0 Å². The summed E-state index contributed by atoms with van der Waals surface area (Å²) >= 11 is 0. The summed E-state index contributed by atoms with van der Waals surface area (Å²) in [5.41, 5.74) is 18.3. The Bertz CT molecular complexity index is 2280. The molecule has 0 aliphatic heterocycles. The summed E-state index contributed by atoms with van der Waals surface area (Å²) < 4.78 is 132. The van der Waals surface area contributed by atoms with E-state index in [0.717, 1.165) is 24.3 Å². The third-order valence-electron chi connectivity index (χ3n) is 5.98. The number of guanidine groups is 2. The average molecular weight is 853 g/mol. The number of aromatic amines is 2. The summed E-state index contributed by atoms with van der Waals surface area (Å²) in [7, 11) is -19.0. The lowest BCUT2D eigenvalue weighted by atomic mass is 10.1. The summed E-state index contributed by atoms with van der Waals surface area (Å²) in [5, 5.41) is 8.85. The molecule has 24 heteroatoms. The van der Waals surface area contributed by atoms with Crippen LogP contribution in [0.4, 0.5) is 0 Å². The third kappa shape index (κ3) is 17.3. The second-order valence-corrected chi connectivity index (χ2v) is 15.6. The molecule has 0 bridgehead atoms. The fraction of sp³-hybridized carbons (Fsp3) is 0. The predicted molar refractivity (Wildman–Crippen MR) is 196 cm³/mol. The van der Waals surface area contributed by atoms with E-state index >= 15 is 0 Å². The molecule has 2 aromatic heterocycles. The lowest BCUT2D eigenvalue weighted by Gasteiger charge is -2.14. The molecule has 0 unspecified atom stereocenters. The molecule has 14 N–H and O–H groups in total. The van der Waals surface area contributed by atoms with Gasteiger partial charge in [0.25, 0.3) is 0 Å². The summed E-state index contributed by atoms with van der Waals surface area (Å²) in [6.07, 6.45) is 7.50. The third-order valence-corrected chi connectivity index (χ3v) is 9.55. The van der Waals surface area contributed by atoms with Crippen LogP contribution in [-0.2, 0) is 40.5 Å². The van der Waals surface area contributed by atoms with Crippen LogP contribution in [0.3, 0.4) is 0 Å². The van der Waals surface area contributed by atoms with Gasteiger partial charge in [0.2, 0.25) is 0 Å². The van der Waals surface area contributed by atoms with Crippen LogP contribution in [0.25, 0.3) is 21.5 Å². The van der Waals surface area contributed by atoms with Gasteiger partial charge in [0.15, 0.2) is 24.8 Å². The average Bonchev–Trinajstić information content (AvgIpc) is 3.11. The molecule has 0 atom stereocenters. The van der Waals surface area contributed by atoms with E-state index in [1.807, 2.05) is 61.2 Å². The largest absolute Gasteiger partial charge is 0.744 e. The normalized spacial score (nSPS) is 10.8. The van der Waals surface area contributed by atoms with Crippen LogP contribution in [0.1, 0.15) is 0 Å². The molecule has 2 heterocycles. The van der Waals surface area contributed by atoms with E-state index in [1.54, 1.807) is 0 Å². The van der Waals surface area contributed by atoms with E-state index < -0.39 is 60.1 Å². The minimum absolute atomic E-state index is 0.0792. The zero-order chi connectivity index (χ0) is 42.7. The van der Waals surface area contributed by atoms with Crippen LogP contribution >= 0.6 is 0 Å². The van der Waals surface area contributed by atoms with Gasteiger partial charge >= 0.3 is 11.9 Å². The van der Waals surface area contributed by atoms with Crippen molar-refractivity contribution in [2.45, 2.75) is 19.6 Å². The molecule has 0 aliphatic rings. The maximum Gasteiger partial charge on any atom is 0.336 e. The smallest absolute Gasteiger partial charge is 0.336 e. The van der Waals surface area contributed by atoms with Gasteiger partial charge in [-0.3, -0.25) is 33.8 Å². The number of pyridine rings is 2. The molecule has 0 radical (unpaired) electrons. The maximum absolute atomic E-state index is 11.0. The Morgan fingerprint density at radius 3 is 0.661 bits per heavy atom. The minimum Gasteiger partial charge on any atom is -0.744 e. The van der Waals surface area contributed by atoms with Gasteiger partial charge < -0.3 is 18.2 Å². The van der Waals surface area contributed by atoms with Crippen LogP contribution in [0.2, 0.25) is 0 Å². The molecule has 6 aromatic rings. The Balaban J connectivity index is 0.000000380. The second-order valence-electron chi connectivity index (χ2n) is 10.2. The summed E-state index contributed by atoms with van der Waals surface area (Å²) in [6, 6.07) is 25.9. The van der Waals surface area contributed by atoms with Crippen molar-refractivity contribution in [1.29, 1.82) is 0 Å². The van der Waals surface area contributed by atoms with Crippen LogP contribution < -0.4 is 43.7 Å². The van der Waals surface area contributed by atoms with Crippen molar-refractivity contribution in [2.24, 2.45) is 22.9 Å². The van der Waals surface area contributed by atoms with E-state index in [9.17, 15) is 51.9 Å². The first-order chi connectivity index (χ1) is 25.9. The van der Waals surface area contributed by atoms with Crippen molar-refractivity contribution < 1.29 is 72.7 Å². The van der Waals surface area contributed by atoms with Crippen LogP contribution in [0.15, 0.2) is 154 Å². The van der Waals surface area contributed by atoms with Gasteiger partial charge in [-0.25, -0.2) is 43.6 Å². The monoisotopic (exact) mass is 852 g/mol. The fourth-order valence-corrected chi connectivity index (χ4v) is 6.83. The first kappa shape index (κ1) is 47.9. The lowest BCUT2D eigenvalue weighted by molar-refractivity contribution is -0.378. The molecule has 0 saturated heterocycles. The molecule has 56 heavy (non-hydrogen) atoms. The summed E-state index contributed by atoms with van der Waals surface area (Å²) in [6.45, 7) is 0. The Morgan fingerprint density at radius 1 is 0.375 bits per heavy atom. The molecule has 0 saturated carbocycles. The quantitative estimate of drug-likeness (QED) is 0.0565. The number of aromatic nitrogens is 2. The zero-order valence-corrected chi connectivity index (χ0v) is 32.0. The van der Waals surface area contributed by atoms with Crippen molar-refractivity contribution in [1.82, 2.24) is 0 Å². The molecule has 6 rings (SSSR count). The van der Waals surface area contributed by atoms with Gasteiger partial charge in [0, 0.05) is 45.8 Å². The first-order valence-electron chi connectivity index (χ1n) is 14.8. The highest BCUT2D eigenvalue weighted by Crippen LogP contribution is 2.29. The topological polar surface area (TPSA) is 412 Å². The summed E-state index contributed by atoms with van der Waals surface area (Å²) in [5.74, 6) is -0.167. The highest BCUT2D eigenvalue weighted by Gasteiger charge is 2.13. The van der Waals surface area contributed by atoms with Crippen molar-refractivity contribution >= 4 is 73.9 Å². The van der Waals surface area contributed by atoms with E-state index in [4.69, 9.17) is 0 Å². The number of hydrogen-bond donors (Lipinski definition) is 6. The summed E-state index contributed by atoms with van der Waals surface area (Å²) in [4.78, 5) is 3.58. The number of H-pyrrole nitrogens is 2. The Morgan fingerprint density at radius 2 is 0.554 bits per heavy atom. The number of nitrogens with two attached hydrogens (primary N) is 6. The van der Waals surface area contributed by atoms with Crippen LogP contribution in [-0.4, -0.2) is 63.8 Å². The number of hydrogen-bond acceptors (Lipinski definition) is 12. The molecule has 300 valence electrons. The van der Waals surface area contributed by atoms with Gasteiger partial charge in [0.05, 0.1) is 19.6 Å². The fourth-order valence-electron chi connectivity index (χ4n) is 4.06. The first-order valence-corrected chi connectivity index (χ1v) is 20.5. The minimum atomic E-state index is -4.74. The van der Waals surface area contributed by atoms with Crippen molar-refractivity contribution in [3.63, 3.8) is 0 Å². The van der Waals surface area contributed by atoms with Gasteiger partial charge in [0.1, 0.15) is 40.5 Å². The Kier molecular flexibility index (Phi) is 18.6. The standard InChI is InChI=1S/2C10H8O6S2.2C5H5N.2CH5N3/c2*11-17(12,13)9-5-1-3-7-8(9)4-2-6-10(7)18(14,15)16;2*1-2-4-6-5-3-1;2*2-1(3)4/h2*1-6H,(H,11,12,13)(H,14,15,16);2*1-5H;2*(H5,2,3,4). The highest BCUT2D eigenvalue weighted by atomic mass is 32.2. The van der Waals surface area contributed by atoms with Crippen molar-refractivity contribution in [3.8, 4) is 0 Å². The van der Waals surface area contributed by atoms with Crippen LogP contribution in [0.5, 0.6) is 0 Å². The second kappa shape index (κ2) is 21.7. The van der Waals surface area contributed by atoms with E-state index in [2.05, 4.69) is 43.7 Å². The van der Waals surface area contributed by atoms with Gasteiger partial charge in [-0.15, -0.1) is 0 Å². The number of nitrogens with one attached hydrogen (secondary N) is 2. The number of fused-ring (bicyclic) bond motifs is 2. The molecular weight excluding hydrogens is 817 g/mol. The highest BCUT2D eigenvalue weighted by molar-refractivity contribution is 7.87. The molecular formula is C32H36N8O12S4.